The average molecular weight is 247 g/mol. The highest BCUT2D eigenvalue weighted by Gasteiger charge is 1.97. The normalized spacial score (nSPS) is 9.83. The monoisotopic (exact) mass is 246 g/mol. The van der Waals surface area contributed by atoms with Crippen molar-refractivity contribution in [1.29, 1.82) is 0 Å². The third kappa shape index (κ3) is 2.95. The fraction of sp³-hybridized carbons (Fsp3) is 0.375. The Hall–Kier alpha value is -0.350. The lowest BCUT2D eigenvalue weighted by Gasteiger charge is -2.02. The molecule has 12 heavy (non-hydrogen) atoms. The average Bonchev–Trinajstić information content (AvgIpc) is 2.47. The van der Waals surface area contributed by atoms with Crippen LogP contribution in [0.25, 0.3) is 0 Å². The van der Waals surface area contributed by atoms with Crippen molar-refractivity contribution in [1.82, 2.24) is 4.98 Å². The van der Waals surface area contributed by atoms with Gasteiger partial charge in [-0.05, 0) is 22.4 Å². The molecular weight excluding hydrogens is 236 g/mol. The van der Waals surface area contributed by atoms with Crippen molar-refractivity contribution >= 4 is 32.4 Å². The van der Waals surface area contributed by atoms with Crippen LogP contribution >= 0.6 is 27.3 Å². The first-order valence-corrected chi connectivity index (χ1v) is 5.41. The fourth-order valence-corrected chi connectivity index (χ4v) is 1.80. The van der Waals surface area contributed by atoms with Crippen molar-refractivity contribution in [3.05, 3.63) is 22.1 Å². The molecule has 1 rings (SSSR count). The zero-order valence-electron chi connectivity index (χ0n) is 6.93. The molecule has 0 aliphatic rings. The summed E-state index contributed by atoms with van der Waals surface area (Å²) in [6.45, 7) is 6.81. The number of hydrogen-bond acceptors (Lipinski definition) is 3. The number of thiazole rings is 1. The van der Waals surface area contributed by atoms with Crippen molar-refractivity contribution in [2.24, 2.45) is 0 Å². The van der Waals surface area contributed by atoms with Gasteiger partial charge in [-0.3, -0.25) is 0 Å². The van der Waals surface area contributed by atoms with Crippen molar-refractivity contribution in [3.8, 4) is 0 Å². The Balaban J connectivity index is 2.38. The molecule has 0 saturated carbocycles. The summed E-state index contributed by atoms with van der Waals surface area (Å²) in [6, 6.07) is 0. The number of halogens is 1. The molecule has 0 aliphatic heterocycles. The van der Waals surface area contributed by atoms with E-state index in [0.717, 1.165) is 22.7 Å². The topological polar surface area (TPSA) is 24.9 Å². The maximum Gasteiger partial charge on any atom is 0.183 e. The van der Waals surface area contributed by atoms with Gasteiger partial charge in [-0.1, -0.05) is 19.1 Å². The largest absolute Gasteiger partial charge is 0.358 e. The molecule has 4 heteroatoms. The van der Waals surface area contributed by atoms with Gasteiger partial charge in [0.1, 0.15) is 4.60 Å². The number of nitrogens with zero attached hydrogens (tertiary/aromatic N) is 1. The second kappa shape index (κ2) is 4.62. The third-order valence-corrected chi connectivity index (χ3v) is 2.98. The lowest BCUT2D eigenvalue weighted by atomic mass is 10.2. The molecule has 0 saturated heterocycles. The standard InChI is InChI=1S/C8H11BrN2S/c1-3-6(2)4-10-8-11-7(9)5-12-8/h5H,2-4H2,1H3,(H,10,11). The van der Waals surface area contributed by atoms with Gasteiger partial charge in [-0.25, -0.2) is 4.98 Å². The summed E-state index contributed by atoms with van der Waals surface area (Å²) < 4.78 is 0.886. The zero-order valence-corrected chi connectivity index (χ0v) is 9.33. The maximum absolute atomic E-state index is 4.20. The van der Waals surface area contributed by atoms with Gasteiger partial charge in [0.05, 0.1) is 0 Å². The number of aromatic nitrogens is 1. The smallest absolute Gasteiger partial charge is 0.183 e. The van der Waals surface area contributed by atoms with Crippen LogP contribution in [0.1, 0.15) is 13.3 Å². The first-order chi connectivity index (χ1) is 5.72. The molecule has 0 atom stereocenters. The summed E-state index contributed by atoms with van der Waals surface area (Å²) in [4.78, 5) is 4.20. The van der Waals surface area contributed by atoms with Gasteiger partial charge >= 0.3 is 0 Å². The molecule has 1 heterocycles. The third-order valence-electron chi connectivity index (χ3n) is 1.47. The predicted octanol–water partition coefficient (Wildman–Crippen LogP) is 3.28. The Morgan fingerprint density at radius 3 is 3.08 bits per heavy atom. The van der Waals surface area contributed by atoms with E-state index in [4.69, 9.17) is 0 Å². The molecule has 0 bridgehead atoms. The highest BCUT2D eigenvalue weighted by molar-refractivity contribution is 9.10. The minimum absolute atomic E-state index is 0.816. The minimum Gasteiger partial charge on any atom is -0.358 e. The first kappa shape index (κ1) is 9.74. The summed E-state index contributed by atoms with van der Waals surface area (Å²) in [5.41, 5.74) is 1.20. The van der Waals surface area contributed by atoms with Crippen LogP contribution < -0.4 is 5.32 Å². The summed E-state index contributed by atoms with van der Waals surface area (Å²) in [6.07, 6.45) is 1.01. The van der Waals surface area contributed by atoms with E-state index in [1.165, 1.54) is 5.57 Å². The fourth-order valence-electron chi connectivity index (χ4n) is 0.661. The van der Waals surface area contributed by atoms with Crippen LogP contribution in [0.4, 0.5) is 5.13 Å². The van der Waals surface area contributed by atoms with Crippen molar-refractivity contribution in [3.63, 3.8) is 0 Å². The van der Waals surface area contributed by atoms with Crippen LogP contribution in [0.5, 0.6) is 0 Å². The number of hydrogen-bond donors (Lipinski definition) is 1. The number of nitrogens with one attached hydrogen (secondary N) is 1. The van der Waals surface area contributed by atoms with Crippen LogP contribution in [0.2, 0.25) is 0 Å². The summed E-state index contributed by atoms with van der Waals surface area (Å²) in [5.74, 6) is 0. The lowest BCUT2D eigenvalue weighted by Crippen LogP contribution is -2.02. The van der Waals surface area contributed by atoms with Crippen LogP contribution in [-0.2, 0) is 0 Å². The Bertz CT molecular complexity index is 270. The number of rotatable bonds is 4. The molecular formula is C8H11BrN2S. The maximum atomic E-state index is 4.20. The second-order valence-corrected chi connectivity index (χ2v) is 4.10. The highest BCUT2D eigenvalue weighted by atomic mass is 79.9. The summed E-state index contributed by atoms with van der Waals surface area (Å²) in [7, 11) is 0. The van der Waals surface area contributed by atoms with E-state index in [2.05, 4.69) is 39.7 Å². The van der Waals surface area contributed by atoms with Crippen molar-refractivity contribution < 1.29 is 0 Å². The van der Waals surface area contributed by atoms with Crippen LogP contribution in [0.15, 0.2) is 22.1 Å². The van der Waals surface area contributed by atoms with Gasteiger partial charge in [-0.2, -0.15) is 0 Å². The summed E-state index contributed by atoms with van der Waals surface area (Å²) >= 11 is 4.88. The van der Waals surface area contributed by atoms with Crippen LogP contribution in [0.3, 0.4) is 0 Å². The SMILES string of the molecule is C=C(CC)CNc1nc(Br)cs1. The molecule has 1 aromatic rings. The van der Waals surface area contributed by atoms with E-state index in [-0.39, 0.29) is 0 Å². The van der Waals surface area contributed by atoms with Gasteiger partial charge in [0.25, 0.3) is 0 Å². The Morgan fingerprint density at radius 1 is 1.83 bits per heavy atom. The predicted molar refractivity (Wildman–Crippen MR) is 57.7 cm³/mol. The molecule has 66 valence electrons. The molecule has 1 aromatic heterocycles. The van der Waals surface area contributed by atoms with Gasteiger partial charge in [-0.15, -0.1) is 11.3 Å². The van der Waals surface area contributed by atoms with E-state index in [0.29, 0.717) is 0 Å². The lowest BCUT2D eigenvalue weighted by molar-refractivity contribution is 1.05. The highest BCUT2D eigenvalue weighted by Crippen LogP contribution is 2.19. The Labute approximate surface area is 84.8 Å². The Kier molecular flexibility index (Phi) is 3.75. The molecule has 1 N–H and O–H groups in total. The van der Waals surface area contributed by atoms with Crippen LogP contribution in [0, 0.1) is 0 Å². The summed E-state index contributed by atoms with van der Waals surface area (Å²) in [5, 5.41) is 6.09. The molecule has 0 unspecified atom stereocenters. The van der Waals surface area contributed by atoms with E-state index < -0.39 is 0 Å². The van der Waals surface area contributed by atoms with E-state index in [1.54, 1.807) is 11.3 Å². The number of anilines is 1. The molecule has 0 radical (unpaired) electrons. The molecule has 2 nitrogen and oxygen atoms in total. The van der Waals surface area contributed by atoms with Crippen molar-refractivity contribution in [2.45, 2.75) is 13.3 Å². The molecule has 0 amide bonds. The van der Waals surface area contributed by atoms with E-state index in [1.807, 2.05) is 5.38 Å². The quantitative estimate of drug-likeness (QED) is 0.826. The molecule has 0 aliphatic carbocycles. The van der Waals surface area contributed by atoms with E-state index in [9.17, 15) is 0 Å². The minimum atomic E-state index is 0.816. The van der Waals surface area contributed by atoms with Crippen molar-refractivity contribution in [2.75, 3.05) is 11.9 Å². The van der Waals surface area contributed by atoms with Gasteiger partial charge in [0.15, 0.2) is 5.13 Å². The van der Waals surface area contributed by atoms with Gasteiger partial charge < -0.3 is 5.32 Å². The van der Waals surface area contributed by atoms with Gasteiger partial charge in [0, 0.05) is 11.9 Å². The molecule has 0 aromatic carbocycles. The second-order valence-electron chi connectivity index (χ2n) is 2.43. The van der Waals surface area contributed by atoms with E-state index >= 15 is 0 Å². The van der Waals surface area contributed by atoms with Gasteiger partial charge in [0.2, 0.25) is 0 Å². The Morgan fingerprint density at radius 2 is 2.58 bits per heavy atom. The van der Waals surface area contributed by atoms with Crippen LogP contribution in [-0.4, -0.2) is 11.5 Å². The zero-order chi connectivity index (χ0) is 8.97. The molecule has 0 spiro atoms. The first-order valence-electron chi connectivity index (χ1n) is 3.74. The molecule has 0 fully saturated rings.